The van der Waals surface area contributed by atoms with Gasteiger partial charge in [-0.25, -0.2) is 0 Å². The number of aliphatic hydroxyl groups is 1. The number of nitrogens with zero attached hydrogens (tertiary/aromatic N) is 8. The molecular weight excluding hydrogens is 1250 g/mol. The van der Waals surface area contributed by atoms with Crippen LogP contribution in [0.25, 0.3) is 0 Å². The van der Waals surface area contributed by atoms with Gasteiger partial charge >= 0.3 is 5.97 Å². The molecule has 0 aromatic rings. The number of likely N-dealkylation sites (N-methyl/N-ethyl adjacent to an activating group) is 7. The molecule has 0 aromatic carbocycles. The van der Waals surface area contributed by atoms with Gasteiger partial charge in [-0.05, 0) is 114 Å². The molecular formula is C71H126N10O16. The van der Waals surface area contributed by atoms with E-state index in [2.05, 4.69) is 15.5 Å². The third-order valence-electron chi connectivity index (χ3n) is 19.5. The molecule has 26 nitrogen and oxygen atoms in total. The number of hydrogen-bond acceptors (Lipinski definition) is 16. The zero-order valence-electron chi connectivity index (χ0n) is 63.2. The number of carbonyl (C=O) groups is 12. The fourth-order valence-electron chi connectivity index (χ4n) is 13.1. The monoisotopic (exact) mass is 1370 g/mol. The summed E-state index contributed by atoms with van der Waals surface area (Å²) in [6, 6.07) is -11.7. The Bertz CT molecular complexity index is 2630. The lowest BCUT2D eigenvalue weighted by Gasteiger charge is -2.41. The normalized spacial score (nSPS) is 27.3. The molecule has 0 bridgehead atoms. The van der Waals surface area contributed by atoms with Gasteiger partial charge < -0.3 is 64.6 Å². The fraction of sp³-hybridized carbons (Fsp3) is 0.831. The Morgan fingerprint density at radius 2 is 1.03 bits per heavy atom. The molecule has 0 saturated carbocycles. The van der Waals surface area contributed by atoms with Crippen LogP contribution in [0, 0.1) is 47.3 Å². The predicted molar refractivity (Wildman–Crippen MR) is 370 cm³/mol. The number of ether oxygens (including phenoxy) is 2. The predicted octanol–water partition coefficient (Wildman–Crippen LogP) is 4.60. The Labute approximate surface area is 579 Å². The maximum atomic E-state index is 15.3. The standard InChI is InChI=1S/C71H126N10O16/c1-24-52-68(92)74(17)49(15)66(90)79(22)60(50(16)97-33-26-25-30-81-31-34-96-35-32-81)57(83)40-51(44(8)9)67(91)75(18)53(36-41(2)3)56(82)39-47(13)63(87)72-48(14)65(89)76(19)54(37-42(4)5)69(93)77(20)55(38-43(6)7)70(94)78(21)59(45(10)11)71(95)80(23)61(64(88)73-52)62(86)46(12)28-27-29-58(84)85/h41-55,59-62,86H,24-40H2,1-23H3,(H,72,87)(H,73,88)(H,84,85)/t46-,47-,48-,49-,50-,51+,52+,53+,54+,55+,59+,60+,61+,62-/m1/s1. The van der Waals surface area contributed by atoms with Crippen LogP contribution in [0.4, 0.5) is 0 Å². The summed E-state index contributed by atoms with van der Waals surface area (Å²) in [6.45, 7) is 31.4. The number of aliphatic carboxylic acids is 1. The molecule has 97 heavy (non-hydrogen) atoms. The quantitative estimate of drug-likeness (QED) is 0.108. The summed E-state index contributed by atoms with van der Waals surface area (Å²) in [4.78, 5) is 186. The number of ketones is 2. The van der Waals surface area contributed by atoms with E-state index in [0.29, 0.717) is 19.6 Å². The zero-order chi connectivity index (χ0) is 74.4. The first kappa shape index (κ1) is 87.0. The molecule has 0 aliphatic carbocycles. The molecule has 4 N–H and O–H groups in total. The van der Waals surface area contributed by atoms with Crippen LogP contribution >= 0.6 is 0 Å². The number of morpholine rings is 1. The number of Topliss-reactive ketones (excluding diaryl/α,β-unsaturated/α-hetero) is 2. The minimum Gasteiger partial charge on any atom is -0.481 e. The molecule has 0 unspecified atom stereocenters. The largest absolute Gasteiger partial charge is 0.481 e. The van der Waals surface area contributed by atoms with Gasteiger partial charge in [-0.3, -0.25) is 62.4 Å². The van der Waals surface area contributed by atoms with Crippen molar-refractivity contribution in [2.75, 3.05) is 88.8 Å². The first-order chi connectivity index (χ1) is 45.1. The number of unbranched alkanes of at least 4 members (excludes halogenated alkanes) is 1. The van der Waals surface area contributed by atoms with Gasteiger partial charge in [-0.1, -0.05) is 90.0 Å². The second-order valence-corrected chi connectivity index (χ2v) is 29.6. The Morgan fingerprint density at radius 3 is 1.54 bits per heavy atom. The smallest absolute Gasteiger partial charge is 0.303 e. The van der Waals surface area contributed by atoms with E-state index < -0.39 is 167 Å². The topological polar surface area (TPSA) is 314 Å². The number of rotatable bonds is 22. The van der Waals surface area contributed by atoms with Gasteiger partial charge in [0.05, 0.1) is 31.5 Å². The summed E-state index contributed by atoms with van der Waals surface area (Å²) in [5, 5.41) is 27.2. The third kappa shape index (κ3) is 25.2. The van der Waals surface area contributed by atoms with Crippen LogP contribution in [0.2, 0.25) is 0 Å². The van der Waals surface area contributed by atoms with Gasteiger partial charge in [0.2, 0.25) is 53.2 Å². The van der Waals surface area contributed by atoms with Gasteiger partial charge in [0, 0.05) is 100 Å². The van der Waals surface area contributed by atoms with Crippen LogP contribution in [0.3, 0.4) is 0 Å². The Balaban J connectivity index is 3.02. The van der Waals surface area contributed by atoms with E-state index in [0.717, 1.165) is 35.9 Å². The molecule has 2 rings (SSSR count). The average Bonchev–Trinajstić information content (AvgIpc) is 0.824. The zero-order valence-corrected chi connectivity index (χ0v) is 63.2. The molecule has 2 fully saturated rings. The minimum absolute atomic E-state index is 0.0507. The number of carboxylic acid groups (broad SMARTS) is 1. The van der Waals surface area contributed by atoms with Crippen molar-refractivity contribution in [3.8, 4) is 0 Å². The van der Waals surface area contributed by atoms with E-state index in [9.17, 15) is 34.2 Å². The molecule has 2 aliphatic heterocycles. The molecule has 2 saturated heterocycles. The summed E-state index contributed by atoms with van der Waals surface area (Å²) < 4.78 is 11.9. The van der Waals surface area contributed by atoms with Crippen molar-refractivity contribution in [3.63, 3.8) is 0 Å². The van der Waals surface area contributed by atoms with Crippen LogP contribution in [0.5, 0.6) is 0 Å². The molecule has 2 aliphatic rings. The van der Waals surface area contributed by atoms with E-state index in [1.165, 1.54) is 94.6 Å². The summed E-state index contributed by atoms with van der Waals surface area (Å²) >= 11 is 0. The first-order valence-electron chi connectivity index (χ1n) is 35.4. The van der Waals surface area contributed by atoms with Gasteiger partial charge in [0.15, 0.2) is 11.6 Å². The highest BCUT2D eigenvalue weighted by Crippen LogP contribution is 2.29. The Hall–Kier alpha value is -6.12. The highest BCUT2D eigenvalue weighted by atomic mass is 16.5. The highest BCUT2D eigenvalue weighted by Gasteiger charge is 2.47. The molecule has 0 spiro atoms. The number of hydrogen-bond donors (Lipinski definition) is 4. The number of carbonyl (C=O) groups excluding carboxylic acids is 11. The molecule has 2 heterocycles. The maximum absolute atomic E-state index is 15.3. The lowest BCUT2D eigenvalue weighted by Crippen LogP contribution is -2.64. The first-order valence-corrected chi connectivity index (χ1v) is 35.4. The number of nitrogens with one attached hydrogen (secondary N) is 2. The molecule has 14 atom stereocenters. The van der Waals surface area contributed by atoms with Crippen molar-refractivity contribution in [1.29, 1.82) is 0 Å². The molecule has 0 aromatic heterocycles. The lowest BCUT2D eigenvalue weighted by atomic mass is 9.85. The molecule has 26 heteroatoms. The summed E-state index contributed by atoms with van der Waals surface area (Å²) in [5.74, 6) is -12.7. The van der Waals surface area contributed by atoms with Crippen molar-refractivity contribution in [2.45, 2.75) is 248 Å². The van der Waals surface area contributed by atoms with Crippen molar-refractivity contribution < 1.29 is 77.2 Å². The highest BCUT2D eigenvalue weighted by molar-refractivity contribution is 6.00. The van der Waals surface area contributed by atoms with E-state index in [1.54, 1.807) is 48.5 Å². The number of amides is 9. The van der Waals surface area contributed by atoms with Crippen LogP contribution in [-0.4, -0.2) is 275 Å². The second kappa shape index (κ2) is 40.8. The summed E-state index contributed by atoms with van der Waals surface area (Å²) in [7, 11) is 9.87. The van der Waals surface area contributed by atoms with Crippen LogP contribution < -0.4 is 10.6 Å². The van der Waals surface area contributed by atoms with Crippen LogP contribution in [0.1, 0.15) is 181 Å². The van der Waals surface area contributed by atoms with E-state index in [1.807, 2.05) is 41.5 Å². The van der Waals surface area contributed by atoms with E-state index in [4.69, 9.17) is 9.47 Å². The van der Waals surface area contributed by atoms with E-state index >= 15 is 33.6 Å². The van der Waals surface area contributed by atoms with Gasteiger partial charge in [0.1, 0.15) is 48.3 Å². The van der Waals surface area contributed by atoms with Crippen molar-refractivity contribution >= 4 is 70.7 Å². The lowest BCUT2D eigenvalue weighted by molar-refractivity contribution is -0.157. The Kier molecular flexibility index (Phi) is 36.6. The molecule has 556 valence electrons. The van der Waals surface area contributed by atoms with E-state index in [-0.39, 0.29) is 82.1 Å². The minimum atomic E-state index is -1.75. The van der Waals surface area contributed by atoms with Crippen molar-refractivity contribution in [2.24, 2.45) is 47.3 Å². The molecule has 9 amide bonds. The summed E-state index contributed by atoms with van der Waals surface area (Å²) in [6.07, 6.45) is -1.55. The maximum Gasteiger partial charge on any atom is 0.303 e. The van der Waals surface area contributed by atoms with Crippen molar-refractivity contribution in [1.82, 2.24) is 49.8 Å². The number of carboxylic acids is 1. The summed E-state index contributed by atoms with van der Waals surface area (Å²) in [5.41, 5.74) is 0. The number of aliphatic hydroxyl groups excluding tert-OH is 1. The fourth-order valence-corrected chi connectivity index (χ4v) is 13.1. The third-order valence-corrected chi connectivity index (χ3v) is 19.5. The average molecular weight is 1380 g/mol. The van der Waals surface area contributed by atoms with Gasteiger partial charge in [-0.2, -0.15) is 0 Å². The SMILES string of the molecule is CC[C@@H]1NC(=O)[C@H]([C@H](O)[C@H](C)CCCC(=O)O)N(C)C(=O)[C@H](C(C)C)N(C)C(=O)[C@H](CC(C)C)N(C)C(=O)[C@H](CC(C)C)N(C)C(=O)[C@@H](C)NC(=O)[C@H](C)CC(=O)[C@H](CC(C)C)N(C)C(=O)[C@H](C(C)C)CC(=O)[C@H]([C@@H](C)OCCCCN2CCOCC2)N(C)C(=O)[C@@H](C)N(C)C1=O. The van der Waals surface area contributed by atoms with Crippen molar-refractivity contribution in [3.05, 3.63) is 0 Å². The van der Waals surface area contributed by atoms with Crippen LogP contribution in [-0.2, 0) is 67.0 Å². The van der Waals surface area contributed by atoms with Gasteiger partial charge in [-0.15, -0.1) is 0 Å². The Morgan fingerprint density at radius 1 is 0.536 bits per heavy atom. The molecule has 0 radical (unpaired) electrons. The second-order valence-electron chi connectivity index (χ2n) is 29.6. The van der Waals surface area contributed by atoms with Gasteiger partial charge in [0.25, 0.3) is 0 Å². The van der Waals surface area contributed by atoms with Crippen LogP contribution in [0.15, 0.2) is 0 Å².